The number of likely N-dealkylation sites (tertiary alicyclic amines) is 1. The number of piperidine rings is 1. The highest BCUT2D eigenvalue weighted by molar-refractivity contribution is 6.30. The van der Waals surface area contributed by atoms with E-state index in [1.807, 2.05) is 53.4 Å². The number of hydrogen-bond acceptors (Lipinski definition) is 5. The molecule has 2 aliphatic rings. The Morgan fingerprint density at radius 1 is 1.17 bits per heavy atom. The van der Waals surface area contributed by atoms with E-state index >= 15 is 0 Å². The summed E-state index contributed by atoms with van der Waals surface area (Å²) in [5.74, 6) is -0.296. The Hall–Kier alpha value is -1.96. The maximum absolute atomic E-state index is 13.4. The minimum atomic E-state index is -1.10. The number of hydrogen-bond donors (Lipinski definition) is 3. The number of ether oxygens (including phenoxy) is 1. The van der Waals surface area contributed by atoms with Crippen LogP contribution in [0.25, 0.3) is 11.1 Å². The quantitative estimate of drug-likeness (QED) is 0.432. The van der Waals surface area contributed by atoms with Gasteiger partial charge < -0.3 is 25.6 Å². The Kier molecular flexibility index (Phi) is 9.07. The van der Waals surface area contributed by atoms with Crippen LogP contribution in [0.3, 0.4) is 0 Å². The molecule has 196 valence electrons. The summed E-state index contributed by atoms with van der Waals surface area (Å²) in [6, 6.07) is 15.4. The average Bonchev–Trinajstić information content (AvgIpc) is 3.24. The maximum Gasteiger partial charge on any atom is 0.225 e. The zero-order valence-corrected chi connectivity index (χ0v) is 21.9. The molecule has 2 aromatic carbocycles. The molecule has 2 fully saturated rings. The normalized spacial score (nSPS) is 26.1. The molecular weight excluding hydrogens is 476 g/mol. The molecule has 4 rings (SSSR count). The van der Waals surface area contributed by atoms with Gasteiger partial charge in [-0.1, -0.05) is 48.0 Å². The number of amides is 1. The van der Waals surface area contributed by atoms with Crippen LogP contribution in [0.1, 0.15) is 50.5 Å². The van der Waals surface area contributed by atoms with Gasteiger partial charge in [0.1, 0.15) is 0 Å². The fourth-order valence-corrected chi connectivity index (χ4v) is 6.14. The fourth-order valence-electron chi connectivity index (χ4n) is 6.02. The zero-order chi connectivity index (χ0) is 25.7. The molecule has 0 spiro atoms. The number of carbonyl (C=O) groups excluding carboxylic acids is 1. The molecule has 1 saturated heterocycles. The molecule has 1 unspecified atom stereocenters. The molecule has 0 radical (unpaired) electrons. The third-order valence-electron chi connectivity index (χ3n) is 8.04. The van der Waals surface area contributed by atoms with Crippen LogP contribution in [-0.4, -0.2) is 60.0 Å². The Bertz CT molecular complexity index is 1010. The van der Waals surface area contributed by atoms with E-state index < -0.39 is 11.7 Å². The van der Waals surface area contributed by atoms with E-state index in [4.69, 9.17) is 22.1 Å². The number of aliphatic hydroxyl groups is 2. The summed E-state index contributed by atoms with van der Waals surface area (Å²) < 4.78 is 5.26. The summed E-state index contributed by atoms with van der Waals surface area (Å²) in [5, 5.41) is 23.2. The fraction of sp³-hybridized carbons (Fsp3) is 0.552. The topological polar surface area (TPSA) is 96.0 Å². The van der Waals surface area contributed by atoms with Crippen LogP contribution in [-0.2, 0) is 15.1 Å². The number of halogens is 1. The van der Waals surface area contributed by atoms with Crippen LogP contribution in [0.4, 0.5) is 0 Å². The van der Waals surface area contributed by atoms with Gasteiger partial charge in [0, 0.05) is 49.7 Å². The van der Waals surface area contributed by atoms with Crippen molar-refractivity contribution in [1.29, 1.82) is 0 Å². The van der Waals surface area contributed by atoms with E-state index in [-0.39, 0.29) is 23.8 Å². The van der Waals surface area contributed by atoms with Crippen LogP contribution >= 0.6 is 11.6 Å². The number of aliphatic hydroxyl groups excluding tert-OH is 1. The number of nitrogens with two attached hydrogens (primary N) is 1. The minimum absolute atomic E-state index is 0.0550. The van der Waals surface area contributed by atoms with Gasteiger partial charge in [-0.2, -0.15) is 0 Å². The van der Waals surface area contributed by atoms with Gasteiger partial charge in [-0.3, -0.25) is 4.79 Å². The molecule has 1 aliphatic carbocycles. The summed E-state index contributed by atoms with van der Waals surface area (Å²) in [4.78, 5) is 15.3. The Labute approximate surface area is 219 Å². The van der Waals surface area contributed by atoms with Crippen LogP contribution in [0, 0.1) is 11.8 Å². The van der Waals surface area contributed by atoms with Gasteiger partial charge in [0.05, 0.1) is 11.7 Å². The van der Waals surface area contributed by atoms with Crippen LogP contribution in [0.2, 0.25) is 5.02 Å². The van der Waals surface area contributed by atoms with E-state index in [1.165, 1.54) is 0 Å². The summed E-state index contributed by atoms with van der Waals surface area (Å²) in [7, 11) is 1.69. The monoisotopic (exact) mass is 514 g/mol. The van der Waals surface area contributed by atoms with E-state index in [0.29, 0.717) is 44.0 Å². The van der Waals surface area contributed by atoms with Gasteiger partial charge in [0.15, 0.2) is 0 Å². The zero-order valence-electron chi connectivity index (χ0n) is 21.1. The first-order valence-electron chi connectivity index (χ1n) is 13.1. The van der Waals surface area contributed by atoms with Crippen molar-refractivity contribution in [1.82, 2.24) is 4.90 Å². The van der Waals surface area contributed by atoms with E-state index in [1.54, 1.807) is 7.11 Å². The number of benzene rings is 2. The van der Waals surface area contributed by atoms with Crippen molar-refractivity contribution in [3.63, 3.8) is 0 Å². The highest BCUT2D eigenvalue weighted by Crippen LogP contribution is 2.44. The van der Waals surface area contributed by atoms with E-state index in [2.05, 4.69) is 0 Å². The number of carbonyl (C=O) groups is 1. The summed E-state index contributed by atoms with van der Waals surface area (Å²) >= 11 is 6.14. The minimum Gasteiger partial charge on any atom is -0.391 e. The van der Waals surface area contributed by atoms with Crippen LogP contribution < -0.4 is 5.73 Å². The highest BCUT2D eigenvalue weighted by Gasteiger charge is 2.44. The summed E-state index contributed by atoms with van der Waals surface area (Å²) in [6.07, 6.45) is 4.24. The van der Waals surface area contributed by atoms with Gasteiger partial charge in [0.2, 0.25) is 5.91 Å². The van der Waals surface area contributed by atoms with Crippen molar-refractivity contribution in [3.8, 4) is 11.1 Å². The first-order chi connectivity index (χ1) is 17.3. The van der Waals surface area contributed by atoms with Crippen LogP contribution in [0.5, 0.6) is 0 Å². The molecule has 0 aromatic heterocycles. The SMILES string of the molecule is COCCCC[C@@](O)(c1ccccc1-c1ccc(Cl)cc1)C1CCCN(C(=O)[C@H]2C[C@@H](N)[C@@H](O)C2)C1. The van der Waals surface area contributed by atoms with Crippen molar-refractivity contribution in [3.05, 3.63) is 59.1 Å². The molecule has 1 amide bonds. The second kappa shape index (κ2) is 12.1. The van der Waals surface area contributed by atoms with Crippen molar-refractivity contribution in [2.24, 2.45) is 17.6 Å². The molecule has 5 atom stereocenters. The highest BCUT2D eigenvalue weighted by atomic mass is 35.5. The molecule has 0 bridgehead atoms. The second-order valence-corrected chi connectivity index (χ2v) is 10.9. The van der Waals surface area contributed by atoms with E-state index in [0.717, 1.165) is 42.4 Å². The molecule has 36 heavy (non-hydrogen) atoms. The smallest absolute Gasteiger partial charge is 0.225 e. The predicted molar refractivity (Wildman–Crippen MR) is 143 cm³/mol. The molecular formula is C29H39ClN2O4. The van der Waals surface area contributed by atoms with Gasteiger partial charge in [-0.05, 0) is 73.8 Å². The van der Waals surface area contributed by atoms with Crippen molar-refractivity contribution in [2.45, 2.75) is 62.7 Å². The Morgan fingerprint density at radius 2 is 1.92 bits per heavy atom. The number of nitrogens with zero attached hydrogens (tertiary/aromatic N) is 1. The number of methoxy groups -OCH3 is 1. The second-order valence-electron chi connectivity index (χ2n) is 10.4. The maximum atomic E-state index is 13.4. The van der Waals surface area contributed by atoms with Gasteiger partial charge >= 0.3 is 0 Å². The first-order valence-corrected chi connectivity index (χ1v) is 13.5. The lowest BCUT2D eigenvalue weighted by Gasteiger charge is -2.44. The lowest BCUT2D eigenvalue weighted by atomic mass is 9.72. The lowest BCUT2D eigenvalue weighted by Crippen LogP contribution is -2.49. The molecule has 1 aliphatic heterocycles. The average molecular weight is 515 g/mol. The largest absolute Gasteiger partial charge is 0.391 e. The number of unbranched alkanes of at least 4 members (excludes halogenated alkanes) is 1. The first kappa shape index (κ1) is 27.1. The third-order valence-corrected chi connectivity index (χ3v) is 8.29. The van der Waals surface area contributed by atoms with Gasteiger partial charge in [-0.25, -0.2) is 0 Å². The third kappa shape index (κ3) is 5.95. The number of rotatable bonds is 9. The standard InChI is InChI=1S/C29H39ClN2O4/c1-36-16-5-4-14-29(35,25-9-3-2-8-24(25)20-10-12-23(30)13-11-20)22-7-6-15-32(19-22)28(34)21-17-26(31)27(33)18-21/h2-3,8-13,21-22,26-27,33,35H,4-7,14-19,31H2,1H3/t21-,22?,26+,27-,29-/m0/s1. The molecule has 6 nitrogen and oxygen atoms in total. The Morgan fingerprint density at radius 3 is 2.61 bits per heavy atom. The van der Waals surface area contributed by atoms with Gasteiger partial charge in [0.25, 0.3) is 0 Å². The molecule has 2 aromatic rings. The van der Waals surface area contributed by atoms with Crippen molar-refractivity contribution >= 4 is 17.5 Å². The van der Waals surface area contributed by atoms with Gasteiger partial charge in [-0.15, -0.1) is 0 Å². The lowest BCUT2D eigenvalue weighted by molar-refractivity contribution is -0.141. The molecule has 1 saturated carbocycles. The van der Waals surface area contributed by atoms with Crippen molar-refractivity contribution < 1.29 is 19.7 Å². The molecule has 4 N–H and O–H groups in total. The molecule has 1 heterocycles. The van der Waals surface area contributed by atoms with E-state index in [9.17, 15) is 15.0 Å². The van der Waals surface area contributed by atoms with Crippen LogP contribution in [0.15, 0.2) is 48.5 Å². The summed E-state index contributed by atoms with van der Waals surface area (Å²) in [6.45, 7) is 1.82. The molecule has 7 heteroatoms. The predicted octanol–water partition coefficient (Wildman–Crippen LogP) is 4.35. The Balaban J connectivity index is 1.63. The van der Waals surface area contributed by atoms with Crippen molar-refractivity contribution in [2.75, 3.05) is 26.8 Å². The summed E-state index contributed by atoms with van der Waals surface area (Å²) in [5.41, 5.74) is 7.76.